The minimum Gasteiger partial charge on any atom is -0.311 e. The predicted molar refractivity (Wildman–Crippen MR) is 58.7 cm³/mol. The molecule has 1 aromatic heterocycles. The molecule has 0 saturated heterocycles. The Morgan fingerprint density at radius 1 is 1.27 bits per heavy atom. The highest BCUT2D eigenvalue weighted by Crippen LogP contribution is 2.19. The number of rotatable bonds is 2. The molecule has 1 heterocycles. The Labute approximate surface area is 92.7 Å². The van der Waals surface area contributed by atoms with Gasteiger partial charge in [-0.3, -0.25) is 9.59 Å². The molecule has 0 atom stereocenters. The Morgan fingerprint density at radius 3 is 2.80 bits per heavy atom. The van der Waals surface area contributed by atoms with E-state index in [0.29, 0.717) is 24.4 Å². The van der Waals surface area contributed by atoms with Crippen LogP contribution in [0.15, 0.2) is 16.9 Å². The number of nitrogens with zero attached hydrogens (tertiary/aromatic N) is 1. The van der Waals surface area contributed by atoms with Gasteiger partial charge in [-0.15, -0.1) is 11.6 Å². The molecule has 0 unspecified atom stereocenters. The summed E-state index contributed by atoms with van der Waals surface area (Å²) in [6.45, 7) is 0.483. The number of hydrogen-bond donors (Lipinski definition) is 0. The van der Waals surface area contributed by atoms with Crippen molar-refractivity contribution < 1.29 is 4.79 Å². The van der Waals surface area contributed by atoms with Crippen molar-refractivity contribution in [1.82, 2.24) is 4.57 Å². The standard InChI is InChI=1S/C11H12ClNO2/c12-6-7-13-9-2-1-3-10(14)8(9)4-5-11(13)15/h4-5H,1-3,6-7H2. The Hall–Kier alpha value is -1.09. The lowest BCUT2D eigenvalue weighted by atomic mass is 9.94. The zero-order valence-electron chi connectivity index (χ0n) is 8.33. The topological polar surface area (TPSA) is 39.1 Å². The SMILES string of the molecule is O=C1CCCc2c1ccc(=O)n2CCCl. The molecule has 0 bridgehead atoms. The second kappa shape index (κ2) is 4.19. The Morgan fingerprint density at radius 2 is 2.07 bits per heavy atom. The predicted octanol–water partition coefficient (Wildman–Crippen LogP) is 1.61. The van der Waals surface area contributed by atoms with Gasteiger partial charge >= 0.3 is 0 Å². The number of aromatic nitrogens is 1. The van der Waals surface area contributed by atoms with Crippen LogP contribution in [0.5, 0.6) is 0 Å². The van der Waals surface area contributed by atoms with Gasteiger partial charge in [0.05, 0.1) is 0 Å². The third-order valence-electron chi connectivity index (χ3n) is 2.72. The normalized spacial score (nSPS) is 15.1. The molecule has 0 saturated carbocycles. The number of halogens is 1. The molecule has 0 amide bonds. The summed E-state index contributed by atoms with van der Waals surface area (Å²) in [4.78, 5) is 23.2. The number of hydrogen-bond acceptors (Lipinski definition) is 2. The van der Waals surface area contributed by atoms with E-state index in [1.807, 2.05) is 0 Å². The quantitative estimate of drug-likeness (QED) is 0.718. The molecule has 15 heavy (non-hydrogen) atoms. The second-order valence-corrected chi connectivity index (χ2v) is 4.03. The number of pyridine rings is 1. The van der Waals surface area contributed by atoms with E-state index in [-0.39, 0.29) is 11.3 Å². The summed E-state index contributed by atoms with van der Waals surface area (Å²) in [5.41, 5.74) is 1.49. The van der Waals surface area contributed by atoms with E-state index in [2.05, 4.69) is 0 Å². The van der Waals surface area contributed by atoms with Crippen molar-refractivity contribution in [3.05, 3.63) is 33.7 Å². The largest absolute Gasteiger partial charge is 0.311 e. The number of Topliss-reactive ketones (excluding diaryl/α,β-unsaturated/α-hetero) is 1. The van der Waals surface area contributed by atoms with Gasteiger partial charge in [-0.25, -0.2) is 0 Å². The van der Waals surface area contributed by atoms with Crippen molar-refractivity contribution in [2.75, 3.05) is 5.88 Å². The molecule has 0 aromatic carbocycles. The molecule has 1 aliphatic carbocycles. The van der Waals surface area contributed by atoms with E-state index in [4.69, 9.17) is 11.6 Å². The molecular weight excluding hydrogens is 214 g/mol. The summed E-state index contributed by atoms with van der Waals surface area (Å²) >= 11 is 5.64. The average molecular weight is 226 g/mol. The summed E-state index contributed by atoms with van der Waals surface area (Å²) in [6.07, 6.45) is 2.22. The van der Waals surface area contributed by atoms with Crippen molar-refractivity contribution in [2.45, 2.75) is 25.8 Å². The first kappa shape index (κ1) is 10.4. The fourth-order valence-electron chi connectivity index (χ4n) is 2.02. The van der Waals surface area contributed by atoms with Crippen molar-refractivity contribution >= 4 is 17.4 Å². The minimum atomic E-state index is -0.0656. The van der Waals surface area contributed by atoms with Crippen LogP contribution in [-0.4, -0.2) is 16.2 Å². The van der Waals surface area contributed by atoms with Crippen LogP contribution < -0.4 is 5.56 Å². The minimum absolute atomic E-state index is 0.0656. The number of fused-ring (bicyclic) bond motifs is 1. The van der Waals surface area contributed by atoms with Crippen molar-refractivity contribution in [2.24, 2.45) is 0 Å². The van der Waals surface area contributed by atoms with Crippen molar-refractivity contribution in [3.8, 4) is 0 Å². The maximum absolute atomic E-state index is 11.6. The van der Waals surface area contributed by atoms with Crippen LogP contribution in [0.2, 0.25) is 0 Å². The molecule has 0 spiro atoms. The monoisotopic (exact) mass is 225 g/mol. The zero-order chi connectivity index (χ0) is 10.8. The average Bonchev–Trinajstić information content (AvgIpc) is 2.23. The molecule has 2 rings (SSSR count). The van der Waals surface area contributed by atoms with E-state index in [1.165, 1.54) is 6.07 Å². The Kier molecular flexibility index (Phi) is 2.91. The number of ketones is 1. The van der Waals surface area contributed by atoms with Gasteiger partial charge in [0.2, 0.25) is 0 Å². The highest BCUT2D eigenvalue weighted by atomic mass is 35.5. The first-order valence-corrected chi connectivity index (χ1v) is 5.59. The molecule has 3 nitrogen and oxygen atoms in total. The molecular formula is C11H12ClNO2. The maximum Gasteiger partial charge on any atom is 0.250 e. The number of carbonyl (C=O) groups excluding carboxylic acids is 1. The van der Waals surface area contributed by atoms with Crippen LogP contribution in [0.3, 0.4) is 0 Å². The molecule has 1 aliphatic rings. The molecule has 4 heteroatoms. The van der Waals surface area contributed by atoms with Crippen LogP contribution in [0, 0.1) is 0 Å². The van der Waals surface area contributed by atoms with E-state index < -0.39 is 0 Å². The summed E-state index contributed by atoms with van der Waals surface area (Å²) < 4.78 is 1.62. The molecule has 0 aliphatic heterocycles. The van der Waals surface area contributed by atoms with Gasteiger partial charge in [-0.1, -0.05) is 0 Å². The van der Waals surface area contributed by atoms with Gasteiger partial charge in [-0.2, -0.15) is 0 Å². The number of carbonyl (C=O) groups is 1. The molecule has 0 N–H and O–H groups in total. The first-order chi connectivity index (χ1) is 7.24. The van der Waals surface area contributed by atoms with Gasteiger partial charge in [0.15, 0.2) is 5.78 Å². The van der Waals surface area contributed by atoms with E-state index in [9.17, 15) is 9.59 Å². The van der Waals surface area contributed by atoms with Crippen molar-refractivity contribution in [1.29, 1.82) is 0 Å². The third-order valence-corrected chi connectivity index (χ3v) is 2.89. The Bertz CT molecular complexity index is 450. The number of alkyl halides is 1. The second-order valence-electron chi connectivity index (χ2n) is 3.65. The molecule has 0 fully saturated rings. The fourth-order valence-corrected chi connectivity index (χ4v) is 2.19. The maximum atomic E-state index is 11.6. The third kappa shape index (κ3) is 1.84. The molecule has 1 aromatic rings. The first-order valence-electron chi connectivity index (χ1n) is 5.06. The lowest BCUT2D eigenvalue weighted by Gasteiger charge is -2.19. The van der Waals surface area contributed by atoms with Gasteiger partial charge in [-0.05, 0) is 18.9 Å². The van der Waals surface area contributed by atoms with E-state index in [0.717, 1.165) is 18.5 Å². The highest BCUT2D eigenvalue weighted by molar-refractivity contribution is 6.17. The Balaban J connectivity index is 2.58. The van der Waals surface area contributed by atoms with Gasteiger partial charge in [0, 0.05) is 36.2 Å². The summed E-state index contributed by atoms with van der Waals surface area (Å²) in [5, 5.41) is 0. The zero-order valence-corrected chi connectivity index (χ0v) is 9.09. The summed E-state index contributed by atoms with van der Waals surface area (Å²) in [5.74, 6) is 0.532. The van der Waals surface area contributed by atoms with E-state index >= 15 is 0 Å². The van der Waals surface area contributed by atoms with Crippen molar-refractivity contribution in [3.63, 3.8) is 0 Å². The van der Waals surface area contributed by atoms with Crippen LogP contribution in [-0.2, 0) is 13.0 Å². The van der Waals surface area contributed by atoms with Gasteiger partial charge in [0.25, 0.3) is 5.56 Å². The van der Waals surface area contributed by atoms with Crippen LogP contribution in [0.25, 0.3) is 0 Å². The lowest BCUT2D eigenvalue weighted by molar-refractivity contribution is 0.0970. The molecule has 80 valence electrons. The molecule has 0 radical (unpaired) electrons. The smallest absolute Gasteiger partial charge is 0.250 e. The fraction of sp³-hybridized carbons (Fsp3) is 0.455. The highest BCUT2D eigenvalue weighted by Gasteiger charge is 2.20. The van der Waals surface area contributed by atoms with Crippen LogP contribution >= 0.6 is 11.6 Å². The van der Waals surface area contributed by atoms with E-state index in [1.54, 1.807) is 10.6 Å². The van der Waals surface area contributed by atoms with Crippen LogP contribution in [0.1, 0.15) is 28.9 Å². The summed E-state index contributed by atoms with van der Waals surface area (Å²) in [6, 6.07) is 3.10. The summed E-state index contributed by atoms with van der Waals surface area (Å²) in [7, 11) is 0. The van der Waals surface area contributed by atoms with Gasteiger partial charge in [0.1, 0.15) is 0 Å². The lowest BCUT2D eigenvalue weighted by Crippen LogP contribution is -2.28. The van der Waals surface area contributed by atoms with Gasteiger partial charge < -0.3 is 4.57 Å². The van der Waals surface area contributed by atoms with Crippen LogP contribution in [0.4, 0.5) is 0 Å².